The number of hydrogen-bond donors (Lipinski definition) is 1. The topological polar surface area (TPSA) is 38.3 Å². The van der Waals surface area contributed by atoms with Crippen molar-refractivity contribution < 1.29 is 13.9 Å². The van der Waals surface area contributed by atoms with Crippen LogP contribution < -0.4 is 10.1 Å². The number of carbonyl (C=O) groups excluding carboxylic acids is 1. The van der Waals surface area contributed by atoms with E-state index in [2.05, 4.69) is 5.32 Å². The smallest absolute Gasteiger partial charge is 0.265 e. The van der Waals surface area contributed by atoms with Crippen molar-refractivity contribution in [3.05, 3.63) is 59.4 Å². The first-order valence-electron chi connectivity index (χ1n) is 6.03. The fourth-order valence-electron chi connectivity index (χ4n) is 1.55. The van der Waals surface area contributed by atoms with Crippen LogP contribution in [-0.4, -0.2) is 12.0 Å². The Morgan fingerprint density at radius 3 is 2.35 bits per heavy atom. The molecule has 0 radical (unpaired) electrons. The van der Waals surface area contributed by atoms with E-state index >= 15 is 0 Å². The quantitative estimate of drug-likeness (QED) is 0.929. The minimum Gasteiger partial charge on any atom is -0.481 e. The maximum atomic E-state index is 12.8. The van der Waals surface area contributed by atoms with Crippen molar-refractivity contribution in [2.75, 3.05) is 5.32 Å². The van der Waals surface area contributed by atoms with Gasteiger partial charge in [-0.05, 0) is 55.5 Å². The Labute approximate surface area is 121 Å². The molecule has 20 heavy (non-hydrogen) atoms. The highest BCUT2D eigenvalue weighted by molar-refractivity contribution is 6.30. The van der Waals surface area contributed by atoms with Crippen LogP contribution in [0.2, 0.25) is 5.02 Å². The number of carbonyl (C=O) groups is 1. The third-order valence-corrected chi connectivity index (χ3v) is 2.86. The highest BCUT2D eigenvalue weighted by Crippen LogP contribution is 2.17. The third kappa shape index (κ3) is 3.96. The number of anilines is 1. The summed E-state index contributed by atoms with van der Waals surface area (Å²) in [5.74, 6) is -0.115. The molecule has 0 aliphatic rings. The van der Waals surface area contributed by atoms with Gasteiger partial charge >= 0.3 is 0 Å². The van der Waals surface area contributed by atoms with Crippen LogP contribution in [0.4, 0.5) is 10.1 Å². The molecule has 2 aromatic rings. The van der Waals surface area contributed by atoms with E-state index in [0.717, 1.165) is 0 Å². The SMILES string of the molecule is CC(Oc1ccc(Cl)cc1)C(=O)Nc1ccc(F)cc1. The van der Waals surface area contributed by atoms with Gasteiger partial charge in [-0.15, -0.1) is 0 Å². The molecule has 2 aromatic carbocycles. The van der Waals surface area contributed by atoms with Crippen molar-refractivity contribution in [1.29, 1.82) is 0 Å². The van der Waals surface area contributed by atoms with Crippen LogP contribution in [0.5, 0.6) is 5.75 Å². The largest absolute Gasteiger partial charge is 0.481 e. The van der Waals surface area contributed by atoms with Crippen molar-refractivity contribution in [2.45, 2.75) is 13.0 Å². The molecule has 1 N–H and O–H groups in total. The molecule has 1 unspecified atom stereocenters. The molecule has 0 saturated carbocycles. The fraction of sp³-hybridized carbons (Fsp3) is 0.133. The zero-order valence-corrected chi connectivity index (χ0v) is 11.5. The van der Waals surface area contributed by atoms with Gasteiger partial charge in [-0.25, -0.2) is 4.39 Å². The first-order chi connectivity index (χ1) is 9.54. The number of amides is 1. The molecule has 0 spiro atoms. The van der Waals surface area contributed by atoms with Crippen molar-refractivity contribution in [2.24, 2.45) is 0 Å². The highest BCUT2D eigenvalue weighted by atomic mass is 35.5. The number of halogens is 2. The average molecular weight is 294 g/mol. The number of nitrogens with one attached hydrogen (secondary N) is 1. The maximum Gasteiger partial charge on any atom is 0.265 e. The Kier molecular flexibility index (Phi) is 4.58. The van der Waals surface area contributed by atoms with Gasteiger partial charge in [0.1, 0.15) is 11.6 Å². The second-order valence-electron chi connectivity index (χ2n) is 4.21. The molecule has 2 rings (SSSR count). The molecule has 0 aromatic heterocycles. The first-order valence-corrected chi connectivity index (χ1v) is 6.41. The van der Waals surface area contributed by atoms with Gasteiger partial charge < -0.3 is 10.1 Å². The van der Waals surface area contributed by atoms with Crippen LogP contribution in [0, 0.1) is 5.82 Å². The molecule has 1 amide bonds. The Morgan fingerprint density at radius 1 is 1.15 bits per heavy atom. The van der Waals surface area contributed by atoms with E-state index in [9.17, 15) is 9.18 Å². The lowest BCUT2D eigenvalue weighted by atomic mass is 10.3. The van der Waals surface area contributed by atoms with Crippen molar-refractivity contribution in [3.63, 3.8) is 0 Å². The van der Waals surface area contributed by atoms with E-state index in [1.165, 1.54) is 24.3 Å². The molecule has 0 saturated heterocycles. The lowest BCUT2D eigenvalue weighted by molar-refractivity contribution is -0.122. The van der Waals surface area contributed by atoms with E-state index in [0.29, 0.717) is 16.5 Å². The Balaban J connectivity index is 1.94. The minimum atomic E-state index is -0.679. The summed E-state index contributed by atoms with van der Waals surface area (Å²) >= 11 is 5.77. The fourth-order valence-corrected chi connectivity index (χ4v) is 1.67. The van der Waals surface area contributed by atoms with Crippen LogP contribution in [0.25, 0.3) is 0 Å². The molecular weight excluding hydrogens is 281 g/mol. The number of benzene rings is 2. The van der Waals surface area contributed by atoms with E-state index in [1.54, 1.807) is 31.2 Å². The van der Waals surface area contributed by atoms with Crippen LogP contribution in [0.1, 0.15) is 6.92 Å². The van der Waals surface area contributed by atoms with Gasteiger partial charge in [-0.2, -0.15) is 0 Å². The lowest BCUT2D eigenvalue weighted by Crippen LogP contribution is -2.30. The maximum absolute atomic E-state index is 12.8. The normalized spacial score (nSPS) is 11.8. The van der Waals surface area contributed by atoms with Gasteiger partial charge in [0.2, 0.25) is 0 Å². The Hall–Kier alpha value is -2.07. The van der Waals surface area contributed by atoms with Crippen molar-refractivity contribution in [3.8, 4) is 5.75 Å². The highest BCUT2D eigenvalue weighted by Gasteiger charge is 2.14. The van der Waals surface area contributed by atoms with Crippen LogP contribution >= 0.6 is 11.6 Å². The summed E-state index contributed by atoms with van der Waals surface area (Å²) in [6.45, 7) is 1.63. The molecule has 0 heterocycles. The van der Waals surface area contributed by atoms with E-state index in [1.807, 2.05) is 0 Å². The lowest BCUT2D eigenvalue weighted by Gasteiger charge is -2.14. The predicted octanol–water partition coefficient (Wildman–Crippen LogP) is 3.89. The summed E-state index contributed by atoms with van der Waals surface area (Å²) in [4.78, 5) is 11.9. The van der Waals surface area contributed by atoms with Gasteiger partial charge in [0.05, 0.1) is 0 Å². The summed E-state index contributed by atoms with van der Waals surface area (Å²) in [7, 11) is 0. The van der Waals surface area contributed by atoms with E-state index in [4.69, 9.17) is 16.3 Å². The molecule has 0 bridgehead atoms. The standard InChI is InChI=1S/C15H13ClFNO2/c1-10(20-14-8-2-11(16)3-9-14)15(19)18-13-6-4-12(17)5-7-13/h2-10H,1H3,(H,18,19). The molecule has 3 nitrogen and oxygen atoms in total. The van der Waals surface area contributed by atoms with Gasteiger partial charge in [0, 0.05) is 10.7 Å². The average Bonchev–Trinajstić information content (AvgIpc) is 2.44. The molecular formula is C15H13ClFNO2. The second-order valence-corrected chi connectivity index (χ2v) is 4.65. The monoisotopic (exact) mass is 293 g/mol. The Morgan fingerprint density at radius 2 is 1.75 bits per heavy atom. The minimum absolute atomic E-state index is 0.313. The molecule has 0 aliphatic carbocycles. The molecule has 0 aliphatic heterocycles. The summed E-state index contributed by atoms with van der Waals surface area (Å²) in [6.07, 6.45) is -0.679. The number of ether oxygens (including phenoxy) is 1. The number of hydrogen-bond acceptors (Lipinski definition) is 2. The second kappa shape index (κ2) is 6.39. The number of rotatable bonds is 4. The molecule has 1 atom stereocenters. The Bertz CT molecular complexity index is 584. The molecule has 104 valence electrons. The van der Waals surface area contributed by atoms with Crippen LogP contribution in [-0.2, 0) is 4.79 Å². The van der Waals surface area contributed by atoms with Gasteiger partial charge in [-0.3, -0.25) is 4.79 Å². The first kappa shape index (κ1) is 14.3. The third-order valence-electron chi connectivity index (χ3n) is 2.61. The summed E-state index contributed by atoms with van der Waals surface area (Å²) < 4.78 is 18.2. The van der Waals surface area contributed by atoms with E-state index in [-0.39, 0.29) is 11.7 Å². The van der Waals surface area contributed by atoms with Crippen LogP contribution in [0.3, 0.4) is 0 Å². The van der Waals surface area contributed by atoms with Gasteiger partial charge in [0.15, 0.2) is 6.10 Å². The van der Waals surface area contributed by atoms with Crippen LogP contribution in [0.15, 0.2) is 48.5 Å². The molecule has 5 heteroatoms. The molecule has 0 fully saturated rings. The van der Waals surface area contributed by atoms with Crippen molar-refractivity contribution >= 4 is 23.2 Å². The zero-order chi connectivity index (χ0) is 14.5. The van der Waals surface area contributed by atoms with E-state index < -0.39 is 6.10 Å². The zero-order valence-electron chi connectivity index (χ0n) is 10.8. The van der Waals surface area contributed by atoms with Gasteiger partial charge in [0.25, 0.3) is 5.91 Å². The summed E-state index contributed by atoms with van der Waals surface area (Å²) in [5.41, 5.74) is 0.517. The van der Waals surface area contributed by atoms with Gasteiger partial charge in [-0.1, -0.05) is 11.6 Å². The summed E-state index contributed by atoms with van der Waals surface area (Å²) in [6, 6.07) is 12.3. The van der Waals surface area contributed by atoms with Crippen molar-refractivity contribution in [1.82, 2.24) is 0 Å². The summed E-state index contributed by atoms with van der Waals surface area (Å²) in [5, 5.41) is 3.24. The predicted molar refractivity (Wildman–Crippen MR) is 76.6 cm³/mol.